The van der Waals surface area contributed by atoms with Crippen molar-refractivity contribution in [3.05, 3.63) is 35.1 Å². The molecule has 1 fully saturated rings. The molecule has 1 aromatic carbocycles. The van der Waals surface area contributed by atoms with Crippen LogP contribution in [0.4, 0.5) is 18.0 Å². The van der Waals surface area contributed by atoms with E-state index in [1.807, 2.05) is 0 Å². The predicted octanol–water partition coefficient (Wildman–Crippen LogP) is 4.58. The summed E-state index contributed by atoms with van der Waals surface area (Å²) >= 11 is 0. The molecule has 4 nitrogen and oxygen atoms in total. The smallest absolute Gasteiger partial charge is 0.410 e. The molecule has 2 N–H and O–H groups in total. The lowest BCUT2D eigenvalue weighted by molar-refractivity contribution is -0.0360. The van der Waals surface area contributed by atoms with Crippen LogP contribution in [0.25, 0.3) is 0 Å². The first-order valence-corrected chi connectivity index (χ1v) is 8.81. The number of nitrogens with zero attached hydrogens (tertiary/aromatic N) is 1. The zero-order valence-corrected chi connectivity index (χ0v) is 15.7. The van der Waals surface area contributed by atoms with Crippen molar-refractivity contribution in [2.24, 2.45) is 11.7 Å². The van der Waals surface area contributed by atoms with E-state index < -0.39 is 41.5 Å². The summed E-state index contributed by atoms with van der Waals surface area (Å²) < 4.78 is 48.5. The molecule has 0 aliphatic carbocycles. The normalized spacial score (nSPS) is 17.0. The minimum absolute atomic E-state index is 0.0342. The Balaban J connectivity index is 1.91. The molecular weight excluding hydrogens is 345 g/mol. The van der Waals surface area contributed by atoms with Gasteiger partial charge >= 0.3 is 6.09 Å². The van der Waals surface area contributed by atoms with E-state index in [1.54, 1.807) is 27.7 Å². The van der Waals surface area contributed by atoms with Crippen molar-refractivity contribution in [1.29, 1.82) is 0 Å². The van der Waals surface area contributed by atoms with Crippen molar-refractivity contribution in [1.82, 2.24) is 4.90 Å². The van der Waals surface area contributed by atoms with E-state index >= 15 is 0 Å². The van der Waals surface area contributed by atoms with E-state index in [0.717, 1.165) is 6.07 Å². The van der Waals surface area contributed by atoms with Crippen molar-refractivity contribution in [3.63, 3.8) is 0 Å². The quantitative estimate of drug-likeness (QED) is 0.823. The summed E-state index contributed by atoms with van der Waals surface area (Å²) in [5, 5.41) is 0. The summed E-state index contributed by atoms with van der Waals surface area (Å²) in [5.74, 6) is -4.24. The van der Waals surface area contributed by atoms with Gasteiger partial charge < -0.3 is 15.4 Å². The number of alkyl halides is 2. The first kappa shape index (κ1) is 20.6. The number of carbonyl (C=O) groups excluding carboxylic acids is 1. The van der Waals surface area contributed by atoms with Crippen LogP contribution in [-0.2, 0) is 10.7 Å². The van der Waals surface area contributed by atoms with Crippen LogP contribution in [0.3, 0.4) is 0 Å². The minimum Gasteiger partial charge on any atom is -0.444 e. The lowest BCUT2D eigenvalue weighted by Gasteiger charge is -2.40. The summed E-state index contributed by atoms with van der Waals surface area (Å²) in [4.78, 5) is 13.3. The molecule has 146 valence electrons. The second-order valence-corrected chi connectivity index (χ2v) is 7.99. The van der Waals surface area contributed by atoms with Crippen LogP contribution >= 0.6 is 0 Å². The maximum absolute atomic E-state index is 14.5. The van der Waals surface area contributed by atoms with Crippen LogP contribution in [0.15, 0.2) is 18.2 Å². The van der Waals surface area contributed by atoms with Gasteiger partial charge in [-0.2, -0.15) is 0 Å². The molecule has 0 spiro atoms. The summed E-state index contributed by atoms with van der Waals surface area (Å²) in [6.45, 7) is 7.63. The largest absolute Gasteiger partial charge is 0.444 e. The molecule has 0 radical (unpaired) electrons. The fraction of sp³-hybridized carbons (Fsp3) is 0.632. The molecule has 7 heteroatoms. The number of likely N-dealkylation sites (tertiary alicyclic amines) is 1. The Morgan fingerprint density at radius 3 is 2.50 bits per heavy atom. The van der Waals surface area contributed by atoms with E-state index in [0.29, 0.717) is 13.1 Å². The molecule has 1 atom stereocenters. The zero-order chi connectivity index (χ0) is 19.7. The van der Waals surface area contributed by atoms with E-state index in [-0.39, 0.29) is 17.9 Å². The van der Waals surface area contributed by atoms with Crippen LogP contribution in [0.5, 0.6) is 0 Å². The number of halogens is 3. The molecule has 1 aromatic rings. The SMILES string of the molecule is C[C@@H](N)c1cccc(C(F)(F)CCC2CN(C(=O)OC(C)(C)C)C2)c1F. The summed E-state index contributed by atoms with van der Waals surface area (Å²) in [5.41, 5.74) is 4.52. The summed E-state index contributed by atoms with van der Waals surface area (Å²) in [6, 6.07) is 3.28. The topological polar surface area (TPSA) is 55.6 Å². The van der Waals surface area contributed by atoms with Gasteiger partial charge in [-0.05, 0) is 40.0 Å². The Kier molecular flexibility index (Phi) is 5.90. The first-order valence-electron chi connectivity index (χ1n) is 8.81. The highest BCUT2D eigenvalue weighted by Gasteiger charge is 2.39. The van der Waals surface area contributed by atoms with E-state index in [2.05, 4.69) is 0 Å². The lowest BCUT2D eigenvalue weighted by atomic mass is 9.90. The minimum atomic E-state index is -3.28. The van der Waals surface area contributed by atoms with Crippen molar-refractivity contribution in [3.8, 4) is 0 Å². The van der Waals surface area contributed by atoms with Gasteiger partial charge in [0.15, 0.2) is 0 Å². The lowest BCUT2D eigenvalue weighted by Crippen LogP contribution is -2.51. The second-order valence-electron chi connectivity index (χ2n) is 7.99. The monoisotopic (exact) mass is 372 g/mol. The number of benzene rings is 1. The Labute approximate surface area is 152 Å². The number of nitrogens with two attached hydrogens (primary N) is 1. The van der Waals surface area contributed by atoms with Crippen LogP contribution in [0, 0.1) is 11.7 Å². The van der Waals surface area contributed by atoms with Crippen LogP contribution < -0.4 is 5.73 Å². The highest BCUT2D eigenvalue weighted by molar-refractivity contribution is 5.69. The standard InChI is InChI=1S/C19H27F3N2O2/c1-12(23)14-6-5-7-15(16(14)20)19(21,22)9-8-13-10-24(11-13)17(25)26-18(2,3)4/h5-7,12-13H,8-11,23H2,1-4H3/t12-/m1/s1. The second kappa shape index (κ2) is 7.47. The van der Waals surface area contributed by atoms with E-state index in [1.165, 1.54) is 17.0 Å². The molecule has 1 heterocycles. The average molecular weight is 372 g/mol. The van der Waals surface area contributed by atoms with Crippen molar-refractivity contribution < 1.29 is 22.7 Å². The molecule has 1 aliphatic rings. The maximum atomic E-state index is 14.5. The Morgan fingerprint density at radius 2 is 1.96 bits per heavy atom. The number of hydrogen-bond acceptors (Lipinski definition) is 3. The Bertz CT molecular complexity index is 651. The van der Waals surface area contributed by atoms with Crippen LogP contribution in [0.1, 0.15) is 57.7 Å². The molecule has 0 unspecified atom stereocenters. The summed E-state index contributed by atoms with van der Waals surface area (Å²) in [7, 11) is 0. The molecule has 0 saturated carbocycles. The van der Waals surface area contributed by atoms with Crippen molar-refractivity contribution >= 4 is 6.09 Å². The van der Waals surface area contributed by atoms with Crippen LogP contribution in [-0.4, -0.2) is 29.7 Å². The van der Waals surface area contributed by atoms with Gasteiger partial charge in [-0.1, -0.05) is 18.2 Å². The van der Waals surface area contributed by atoms with Gasteiger partial charge in [-0.15, -0.1) is 0 Å². The Hall–Kier alpha value is -1.76. The highest BCUT2D eigenvalue weighted by atomic mass is 19.3. The third-order valence-electron chi connectivity index (χ3n) is 4.39. The molecule has 2 rings (SSSR count). The molecule has 1 aliphatic heterocycles. The van der Waals surface area contributed by atoms with Gasteiger partial charge in [0, 0.05) is 31.1 Å². The predicted molar refractivity (Wildman–Crippen MR) is 93.4 cm³/mol. The first-order chi connectivity index (χ1) is 11.9. The number of rotatable bonds is 5. The molecule has 0 aromatic heterocycles. The third-order valence-corrected chi connectivity index (χ3v) is 4.39. The number of carbonyl (C=O) groups is 1. The number of ether oxygens (including phenoxy) is 1. The number of amides is 1. The fourth-order valence-electron chi connectivity index (χ4n) is 2.93. The molecule has 0 bridgehead atoms. The maximum Gasteiger partial charge on any atom is 0.410 e. The van der Waals surface area contributed by atoms with Gasteiger partial charge in [0.1, 0.15) is 11.4 Å². The molecule has 26 heavy (non-hydrogen) atoms. The summed E-state index contributed by atoms with van der Waals surface area (Å²) in [6.07, 6.45) is -0.705. The fourth-order valence-corrected chi connectivity index (χ4v) is 2.93. The van der Waals surface area contributed by atoms with Gasteiger partial charge in [-0.3, -0.25) is 0 Å². The zero-order valence-electron chi connectivity index (χ0n) is 15.7. The van der Waals surface area contributed by atoms with Gasteiger partial charge in [0.2, 0.25) is 0 Å². The van der Waals surface area contributed by atoms with Crippen molar-refractivity contribution in [2.45, 2.75) is 58.1 Å². The van der Waals surface area contributed by atoms with Gasteiger partial charge in [-0.25, -0.2) is 18.0 Å². The van der Waals surface area contributed by atoms with Gasteiger partial charge in [0.25, 0.3) is 5.92 Å². The molecular formula is C19H27F3N2O2. The number of hydrogen-bond donors (Lipinski definition) is 1. The average Bonchev–Trinajstić information content (AvgIpc) is 2.43. The molecule has 1 saturated heterocycles. The third kappa shape index (κ3) is 4.90. The van der Waals surface area contributed by atoms with Crippen molar-refractivity contribution in [2.75, 3.05) is 13.1 Å². The van der Waals surface area contributed by atoms with E-state index in [4.69, 9.17) is 10.5 Å². The Morgan fingerprint density at radius 1 is 1.35 bits per heavy atom. The molecule has 1 amide bonds. The van der Waals surface area contributed by atoms with Gasteiger partial charge in [0.05, 0.1) is 5.56 Å². The highest BCUT2D eigenvalue weighted by Crippen LogP contribution is 2.38. The van der Waals surface area contributed by atoms with Crippen LogP contribution in [0.2, 0.25) is 0 Å². The van der Waals surface area contributed by atoms with E-state index in [9.17, 15) is 18.0 Å².